The van der Waals surface area contributed by atoms with Gasteiger partial charge in [0.2, 0.25) is 5.95 Å². The third-order valence-corrected chi connectivity index (χ3v) is 4.02. The smallest absolute Gasteiger partial charge is 0.417 e. The second-order valence-corrected chi connectivity index (χ2v) is 8.45. The summed E-state index contributed by atoms with van der Waals surface area (Å²) in [4.78, 5) is 38.9. The Morgan fingerprint density at radius 1 is 1.27 bits per heavy atom. The molecule has 0 saturated carbocycles. The lowest BCUT2D eigenvalue weighted by Gasteiger charge is -2.26. The van der Waals surface area contributed by atoms with E-state index in [-0.39, 0.29) is 18.5 Å². The van der Waals surface area contributed by atoms with Gasteiger partial charge in [-0.2, -0.15) is 9.97 Å². The van der Waals surface area contributed by atoms with E-state index >= 15 is 0 Å². The van der Waals surface area contributed by atoms with Gasteiger partial charge >= 0.3 is 12.1 Å². The number of unbranched alkanes of at least 4 members (excludes halogenated alkanes) is 2. The molecule has 2 heterocycles. The van der Waals surface area contributed by atoms with Crippen LogP contribution in [0.15, 0.2) is 6.33 Å². The van der Waals surface area contributed by atoms with E-state index in [1.807, 2.05) is 13.8 Å². The predicted octanol–water partition coefficient (Wildman–Crippen LogP) is 3.66. The maximum absolute atomic E-state index is 12.9. The lowest BCUT2D eigenvalue weighted by atomic mass is 10.2. The first kappa shape index (κ1) is 23.4. The van der Waals surface area contributed by atoms with E-state index in [0.29, 0.717) is 23.5 Å². The predicted molar refractivity (Wildman–Crippen MR) is 115 cm³/mol. The molecule has 0 aromatic carbocycles. The van der Waals surface area contributed by atoms with E-state index in [2.05, 4.69) is 27.2 Å². The summed E-state index contributed by atoms with van der Waals surface area (Å²) in [6.07, 6.45) is 3.57. The molecule has 0 atom stereocenters. The minimum atomic E-state index is -1.01. The van der Waals surface area contributed by atoms with Gasteiger partial charge in [0.15, 0.2) is 17.0 Å². The molecule has 0 unspecified atom stereocenters. The SMILES string of the molecule is CCCCCN(C(=O)OC(C)(C)C)c1nc(NC(C)C)c2ncn(CC(=O)O)c2n1. The summed E-state index contributed by atoms with van der Waals surface area (Å²) in [6.45, 7) is 11.5. The fourth-order valence-corrected chi connectivity index (χ4v) is 2.80. The fourth-order valence-electron chi connectivity index (χ4n) is 2.80. The van der Waals surface area contributed by atoms with Crippen LogP contribution in [-0.4, -0.2) is 54.9 Å². The van der Waals surface area contributed by atoms with Crippen molar-refractivity contribution in [1.82, 2.24) is 19.5 Å². The number of imidazole rings is 1. The topological polar surface area (TPSA) is 122 Å². The molecule has 0 spiro atoms. The number of nitrogens with one attached hydrogen (secondary N) is 1. The standard InChI is InChI=1S/C20H32N6O4/c1-7-8-9-10-26(19(29)30-20(4,5)6)18-23-16(22-13(2)3)15-17(24-18)25(12-21-15)11-14(27)28/h12-13H,7-11H2,1-6H3,(H,27,28)(H,22,23,24). The van der Waals surface area contributed by atoms with Crippen molar-refractivity contribution in [3.05, 3.63) is 6.33 Å². The third kappa shape index (κ3) is 6.30. The first-order chi connectivity index (χ1) is 14.0. The zero-order valence-corrected chi connectivity index (χ0v) is 18.6. The number of nitrogens with zero attached hydrogens (tertiary/aromatic N) is 5. The van der Waals surface area contributed by atoms with Crippen LogP contribution in [0.3, 0.4) is 0 Å². The Kier molecular flexibility index (Phi) is 7.58. The maximum atomic E-state index is 12.9. The highest BCUT2D eigenvalue weighted by atomic mass is 16.6. The van der Waals surface area contributed by atoms with Gasteiger partial charge in [0.25, 0.3) is 0 Å². The van der Waals surface area contributed by atoms with Crippen molar-refractivity contribution in [2.75, 3.05) is 16.8 Å². The molecule has 10 heteroatoms. The van der Waals surface area contributed by atoms with Crippen LogP contribution in [-0.2, 0) is 16.1 Å². The molecular formula is C20H32N6O4. The van der Waals surface area contributed by atoms with E-state index in [0.717, 1.165) is 19.3 Å². The summed E-state index contributed by atoms with van der Waals surface area (Å²) in [7, 11) is 0. The van der Waals surface area contributed by atoms with Gasteiger partial charge in [-0.15, -0.1) is 0 Å². The van der Waals surface area contributed by atoms with Crippen molar-refractivity contribution in [3.63, 3.8) is 0 Å². The van der Waals surface area contributed by atoms with Gasteiger partial charge in [0, 0.05) is 12.6 Å². The van der Waals surface area contributed by atoms with Crippen molar-refractivity contribution in [1.29, 1.82) is 0 Å². The molecule has 30 heavy (non-hydrogen) atoms. The van der Waals surface area contributed by atoms with Gasteiger partial charge in [0.05, 0.1) is 6.33 Å². The molecule has 0 bridgehead atoms. The number of ether oxygens (including phenoxy) is 1. The van der Waals surface area contributed by atoms with Gasteiger partial charge in [-0.05, 0) is 41.0 Å². The third-order valence-electron chi connectivity index (χ3n) is 4.02. The lowest BCUT2D eigenvalue weighted by Crippen LogP contribution is -2.38. The maximum Gasteiger partial charge on any atom is 0.417 e. The normalized spacial score (nSPS) is 11.7. The van der Waals surface area contributed by atoms with Crippen molar-refractivity contribution in [2.45, 2.75) is 79.0 Å². The number of hydrogen-bond donors (Lipinski definition) is 2. The Hall–Kier alpha value is -2.91. The molecular weight excluding hydrogens is 388 g/mol. The van der Waals surface area contributed by atoms with Crippen LogP contribution in [0.1, 0.15) is 60.8 Å². The zero-order valence-electron chi connectivity index (χ0n) is 18.6. The molecule has 0 fully saturated rings. The van der Waals surface area contributed by atoms with Crippen molar-refractivity contribution in [2.24, 2.45) is 0 Å². The highest BCUT2D eigenvalue weighted by Crippen LogP contribution is 2.25. The molecule has 0 aliphatic heterocycles. The molecule has 10 nitrogen and oxygen atoms in total. The highest BCUT2D eigenvalue weighted by molar-refractivity contribution is 5.90. The Balaban J connectivity index is 2.56. The number of fused-ring (bicyclic) bond motifs is 1. The van der Waals surface area contributed by atoms with Gasteiger partial charge in [0.1, 0.15) is 12.1 Å². The van der Waals surface area contributed by atoms with Gasteiger partial charge < -0.3 is 19.7 Å². The molecule has 2 rings (SSSR count). The average molecular weight is 421 g/mol. The monoisotopic (exact) mass is 420 g/mol. The summed E-state index contributed by atoms with van der Waals surface area (Å²) < 4.78 is 6.99. The molecule has 166 valence electrons. The molecule has 0 aliphatic rings. The lowest BCUT2D eigenvalue weighted by molar-refractivity contribution is -0.137. The highest BCUT2D eigenvalue weighted by Gasteiger charge is 2.27. The summed E-state index contributed by atoms with van der Waals surface area (Å²) >= 11 is 0. The Labute approximate surface area is 176 Å². The number of carboxylic acids is 1. The average Bonchev–Trinajstić information content (AvgIpc) is 2.99. The Morgan fingerprint density at radius 2 is 1.97 bits per heavy atom. The van der Waals surface area contributed by atoms with Crippen molar-refractivity contribution < 1.29 is 19.4 Å². The molecule has 0 radical (unpaired) electrons. The molecule has 0 saturated heterocycles. The molecule has 2 N–H and O–H groups in total. The summed E-state index contributed by atoms with van der Waals surface area (Å²) in [6, 6.07) is 0.0515. The Morgan fingerprint density at radius 3 is 2.53 bits per heavy atom. The van der Waals surface area contributed by atoms with E-state index < -0.39 is 17.7 Å². The van der Waals surface area contributed by atoms with Crippen LogP contribution in [0.2, 0.25) is 0 Å². The van der Waals surface area contributed by atoms with Crippen LogP contribution in [0.5, 0.6) is 0 Å². The van der Waals surface area contributed by atoms with Crippen LogP contribution >= 0.6 is 0 Å². The summed E-state index contributed by atoms with van der Waals surface area (Å²) in [5, 5.41) is 12.4. The number of aliphatic carboxylic acids is 1. The van der Waals surface area contributed by atoms with Crippen molar-refractivity contribution in [3.8, 4) is 0 Å². The van der Waals surface area contributed by atoms with Gasteiger partial charge in [-0.1, -0.05) is 19.8 Å². The zero-order chi connectivity index (χ0) is 22.5. The first-order valence-electron chi connectivity index (χ1n) is 10.2. The van der Waals surface area contributed by atoms with E-state index in [1.165, 1.54) is 15.8 Å². The molecule has 0 aliphatic carbocycles. The van der Waals surface area contributed by atoms with E-state index in [1.54, 1.807) is 20.8 Å². The minimum Gasteiger partial charge on any atom is -0.480 e. The number of aromatic nitrogens is 4. The second kappa shape index (κ2) is 9.73. The number of hydrogen-bond acceptors (Lipinski definition) is 7. The van der Waals surface area contributed by atoms with Crippen LogP contribution in [0, 0.1) is 0 Å². The number of carboxylic acid groups (broad SMARTS) is 1. The largest absolute Gasteiger partial charge is 0.480 e. The van der Waals surface area contributed by atoms with Crippen LogP contribution in [0.25, 0.3) is 11.2 Å². The molecule has 1 amide bonds. The minimum absolute atomic E-state index is 0.0515. The van der Waals surface area contributed by atoms with E-state index in [4.69, 9.17) is 4.74 Å². The quantitative estimate of drug-likeness (QED) is 0.589. The fraction of sp³-hybridized carbons (Fsp3) is 0.650. The first-order valence-corrected chi connectivity index (χ1v) is 10.2. The number of anilines is 2. The van der Waals surface area contributed by atoms with Crippen LogP contribution in [0.4, 0.5) is 16.6 Å². The summed E-state index contributed by atoms with van der Waals surface area (Å²) in [5.74, 6) is -0.416. The van der Waals surface area contributed by atoms with E-state index in [9.17, 15) is 14.7 Å². The number of carbonyl (C=O) groups excluding carboxylic acids is 1. The molecule has 2 aromatic rings. The number of rotatable bonds is 9. The molecule has 2 aromatic heterocycles. The van der Waals surface area contributed by atoms with Gasteiger partial charge in [-0.3, -0.25) is 4.79 Å². The van der Waals surface area contributed by atoms with Crippen molar-refractivity contribution >= 4 is 35.0 Å². The Bertz CT molecular complexity index is 887. The van der Waals surface area contributed by atoms with Crippen LogP contribution < -0.4 is 10.2 Å². The van der Waals surface area contributed by atoms with Gasteiger partial charge in [-0.25, -0.2) is 14.7 Å². The summed E-state index contributed by atoms with van der Waals surface area (Å²) in [5.41, 5.74) is 0.120. The number of amides is 1. The second-order valence-electron chi connectivity index (χ2n) is 8.45. The number of carbonyl (C=O) groups is 2.